The summed E-state index contributed by atoms with van der Waals surface area (Å²) in [5.74, 6) is 0.390. The summed E-state index contributed by atoms with van der Waals surface area (Å²) in [6.45, 7) is 2.14. The Kier molecular flexibility index (Phi) is 9.41. The third-order valence-electron chi connectivity index (χ3n) is 6.87. The van der Waals surface area contributed by atoms with E-state index in [1.165, 1.54) is 21.5 Å². The molecule has 0 N–H and O–H groups in total. The van der Waals surface area contributed by atoms with Crippen molar-refractivity contribution in [3.05, 3.63) is 150 Å². The first-order chi connectivity index (χ1) is 20.2. The van der Waals surface area contributed by atoms with Crippen LogP contribution in [0.4, 0.5) is 0 Å². The Hall–Kier alpha value is -4.46. The third-order valence-corrected chi connectivity index (χ3v) is 9.37. The lowest BCUT2D eigenvalue weighted by molar-refractivity contribution is -0.138. The molecule has 5 rings (SSSR count). The van der Waals surface area contributed by atoms with Crippen LogP contribution in [-0.4, -0.2) is 19.7 Å². The molecule has 0 aliphatic rings. The maximum Gasteiger partial charge on any atom is 0.334 e. The zero-order valence-corrected chi connectivity index (χ0v) is 24.3. The van der Waals surface area contributed by atoms with Gasteiger partial charge in [-0.2, -0.15) is 0 Å². The highest BCUT2D eigenvalue weighted by Crippen LogP contribution is 2.38. The van der Waals surface area contributed by atoms with E-state index in [4.69, 9.17) is 9.47 Å². The molecule has 0 radical (unpaired) electrons. The molecule has 0 aliphatic carbocycles. The normalized spacial score (nSPS) is 11.3. The van der Waals surface area contributed by atoms with Crippen LogP contribution in [0.3, 0.4) is 0 Å². The first-order valence-electron chi connectivity index (χ1n) is 13.8. The summed E-state index contributed by atoms with van der Waals surface area (Å²) in [4.78, 5) is 13.2. The van der Waals surface area contributed by atoms with Crippen LogP contribution in [0.2, 0.25) is 0 Å². The maximum atomic E-state index is 13.2. The molecule has 3 nitrogen and oxygen atoms in total. The van der Waals surface area contributed by atoms with Crippen molar-refractivity contribution in [1.29, 1.82) is 0 Å². The van der Waals surface area contributed by atoms with Crippen LogP contribution in [0.1, 0.15) is 18.1 Å². The molecule has 0 unspecified atom stereocenters. The highest BCUT2D eigenvalue weighted by atomic mass is 31.1. The standard InChI is InChI=1S/C37H33O3P/c1-3-40-37(38)30(27-29-17-11-14-24-35(29)39-2)26-28-16-10-12-22-33(28)34-23-13-15-25-36(34)41(31-18-6-4-7-19-31)32-20-8-5-9-21-32/h4-25,27H,3,26H2,1-2H3. The zero-order chi connectivity index (χ0) is 28.4. The van der Waals surface area contributed by atoms with Crippen LogP contribution < -0.4 is 20.7 Å². The number of esters is 1. The Balaban J connectivity index is 1.63. The molecule has 5 aromatic rings. The van der Waals surface area contributed by atoms with E-state index in [2.05, 4.69) is 103 Å². The molecule has 41 heavy (non-hydrogen) atoms. The van der Waals surface area contributed by atoms with Crippen LogP contribution in [-0.2, 0) is 16.0 Å². The fourth-order valence-electron chi connectivity index (χ4n) is 5.00. The second kappa shape index (κ2) is 13.7. The van der Waals surface area contributed by atoms with E-state index < -0.39 is 7.92 Å². The molecule has 0 bridgehead atoms. The number of carbonyl (C=O) groups is 1. The minimum Gasteiger partial charge on any atom is -0.496 e. The third kappa shape index (κ3) is 6.65. The second-order valence-electron chi connectivity index (χ2n) is 9.49. The molecule has 0 heterocycles. The number of carbonyl (C=O) groups excluding carboxylic acids is 1. The van der Waals surface area contributed by atoms with Crippen LogP contribution >= 0.6 is 7.92 Å². The monoisotopic (exact) mass is 556 g/mol. The maximum absolute atomic E-state index is 13.2. The minimum absolute atomic E-state index is 0.311. The fraction of sp³-hybridized carbons (Fsp3) is 0.108. The van der Waals surface area contributed by atoms with Crippen molar-refractivity contribution in [2.45, 2.75) is 13.3 Å². The zero-order valence-electron chi connectivity index (χ0n) is 23.4. The summed E-state index contributed by atoms with van der Waals surface area (Å²) in [5.41, 5.74) is 4.76. The summed E-state index contributed by atoms with van der Waals surface area (Å²) < 4.78 is 11.1. The van der Waals surface area contributed by atoms with Crippen LogP contribution in [0.15, 0.2) is 139 Å². The van der Waals surface area contributed by atoms with Gasteiger partial charge in [0.05, 0.1) is 13.7 Å². The molecular formula is C37H33O3P. The topological polar surface area (TPSA) is 35.5 Å². The molecule has 5 aromatic carbocycles. The molecule has 0 atom stereocenters. The predicted octanol–water partition coefficient (Wildman–Crippen LogP) is 7.31. The van der Waals surface area contributed by atoms with E-state index >= 15 is 0 Å². The van der Waals surface area contributed by atoms with Gasteiger partial charge >= 0.3 is 5.97 Å². The molecule has 0 amide bonds. The number of hydrogen-bond acceptors (Lipinski definition) is 3. The number of hydrogen-bond donors (Lipinski definition) is 0. The van der Waals surface area contributed by atoms with Crippen molar-refractivity contribution in [1.82, 2.24) is 0 Å². The Morgan fingerprint density at radius 3 is 1.90 bits per heavy atom. The SMILES string of the molecule is CCOC(=O)C(=Cc1ccccc1OC)Cc1ccccc1-c1ccccc1P(c1ccccc1)c1ccccc1. The van der Waals surface area contributed by atoms with Gasteiger partial charge < -0.3 is 9.47 Å². The number of para-hydroxylation sites is 1. The molecule has 0 saturated heterocycles. The van der Waals surface area contributed by atoms with E-state index in [9.17, 15) is 4.79 Å². The molecule has 4 heteroatoms. The van der Waals surface area contributed by atoms with Crippen molar-refractivity contribution in [3.63, 3.8) is 0 Å². The molecule has 0 aromatic heterocycles. The number of ether oxygens (including phenoxy) is 2. The summed E-state index contributed by atoms with van der Waals surface area (Å²) in [5, 5.41) is 3.86. The molecule has 0 saturated carbocycles. The summed E-state index contributed by atoms with van der Waals surface area (Å²) in [6.07, 6.45) is 2.32. The molecule has 0 spiro atoms. The lowest BCUT2D eigenvalue weighted by atomic mass is 9.94. The average molecular weight is 557 g/mol. The van der Waals surface area contributed by atoms with Gasteiger partial charge in [0.1, 0.15) is 5.75 Å². The van der Waals surface area contributed by atoms with Gasteiger partial charge in [0.15, 0.2) is 0 Å². The Morgan fingerprint density at radius 2 is 1.24 bits per heavy atom. The lowest BCUT2D eigenvalue weighted by Gasteiger charge is -2.23. The summed E-state index contributed by atoms with van der Waals surface area (Å²) >= 11 is 0. The average Bonchev–Trinajstić information content (AvgIpc) is 3.03. The van der Waals surface area contributed by atoms with Crippen molar-refractivity contribution in [2.24, 2.45) is 0 Å². The van der Waals surface area contributed by atoms with E-state index in [-0.39, 0.29) is 5.97 Å². The lowest BCUT2D eigenvalue weighted by Crippen LogP contribution is -2.22. The van der Waals surface area contributed by atoms with Gasteiger partial charge in [0.25, 0.3) is 0 Å². The van der Waals surface area contributed by atoms with Gasteiger partial charge in [0, 0.05) is 17.6 Å². The van der Waals surface area contributed by atoms with Gasteiger partial charge in [-0.15, -0.1) is 0 Å². The van der Waals surface area contributed by atoms with E-state index in [1.54, 1.807) is 7.11 Å². The van der Waals surface area contributed by atoms with E-state index in [0.29, 0.717) is 24.4 Å². The van der Waals surface area contributed by atoms with Gasteiger partial charge in [-0.05, 0) is 59.6 Å². The van der Waals surface area contributed by atoms with E-state index in [1.807, 2.05) is 43.3 Å². The van der Waals surface area contributed by atoms with Gasteiger partial charge in [-0.25, -0.2) is 4.79 Å². The predicted molar refractivity (Wildman–Crippen MR) is 172 cm³/mol. The van der Waals surface area contributed by atoms with Crippen LogP contribution in [0, 0.1) is 0 Å². The first-order valence-corrected chi connectivity index (χ1v) is 15.1. The number of rotatable bonds is 10. The Morgan fingerprint density at radius 1 is 0.683 bits per heavy atom. The smallest absolute Gasteiger partial charge is 0.334 e. The summed E-state index contributed by atoms with van der Waals surface area (Å²) in [6, 6.07) is 46.2. The van der Waals surface area contributed by atoms with Crippen molar-refractivity contribution in [3.8, 4) is 16.9 Å². The van der Waals surface area contributed by atoms with Crippen molar-refractivity contribution < 1.29 is 14.3 Å². The highest BCUT2D eigenvalue weighted by Gasteiger charge is 2.22. The second-order valence-corrected chi connectivity index (χ2v) is 11.7. The largest absolute Gasteiger partial charge is 0.496 e. The number of benzene rings is 5. The molecule has 204 valence electrons. The van der Waals surface area contributed by atoms with Crippen molar-refractivity contribution in [2.75, 3.05) is 13.7 Å². The highest BCUT2D eigenvalue weighted by molar-refractivity contribution is 7.80. The van der Waals surface area contributed by atoms with Crippen molar-refractivity contribution >= 4 is 35.9 Å². The minimum atomic E-state index is -0.810. The Labute approximate surface area is 243 Å². The molecule has 0 fully saturated rings. The Bertz CT molecular complexity index is 1590. The molecule has 0 aliphatic heterocycles. The van der Waals surface area contributed by atoms with Gasteiger partial charge in [-0.1, -0.05) is 127 Å². The van der Waals surface area contributed by atoms with Crippen LogP contribution in [0.5, 0.6) is 5.75 Å². The number of methoxy groups -OCH3 is 1. The quantitative estimate of drug-likeness (QED) is 0.103. The van der Waals surface area contributed by atoms with Crippen LogP contribution in [0.25, 0.3) is 17.2 Å². The first kappa shape index (κ1) is 28.1. The fourth-order valence-corrected chi connectivity index (χ4v) is 7.47. The summed E-state index contributed by atoms with van der Waals surface area (Å²) in [7, 11) is 0.829. The molecular weight excluding hydrogens is 523 g/mol. The van der Waals surface area contributed by atoms with Gasteiger partial charge in [-0.3, -0.25) is 0 Å². The van der Waals surface area contributed by atoms with Gasteiger partial charge in [0.2, 0.25) is 0 Å². The van der Waals surface area contributed by atoms with E-state index in [0.717, 1.165) is 16.7 Å².